The fourth-order valence-corrected chi connectivity index (χ4v) is 12.7. The number of morpholine rings is 1. The first-order valence-electron chi connectivity index (χ1n) is 27.1. The van der Waals surface area contributed by atoms with E-state index >= 15 is 19.2 Å². The molecule has 6 aliphatic rings. The molecule has 1 aliphatic carbocycles. The molecule has 14 nitrogen and oxygen atoms in total. The van der Waals surface area contributed by atoms with Crippen molar-refractivity contribution in [1.82, 2.24) is 20.0 Å². The van der Waals surface area contributed by atoms with Crippen LogP contribution in [-0.4, -0.2) is 95.8 Å². The molecule has 396 valence electrons. The third-order valence-electron chi connectivity index (χ3n) is 16.3. The van der Waals surface area contributed by atoms with Gasteiger partial charge >= 0.3 is 12.0 Å². The summed E-state index contributed by atoms with van der Waals surface area (Å²) in [6, 6.07) is 43.1. The smallest absolute Gasteiger partial charge is 0.329 e. The predicted octanol–water partition coefficient (Wildman–Crippen LogP) is 9.12. The highest BCUT2D eigenvalue weighted by Gasteiger charge is 2.76. The van der Waals surface area contributed by atoms with Gasteiger partial charge in [0.1, 0.15) is 29.9 Å². The monoisotopic (exact) mass is 1040 g/mol. The standard InChI is InChI=1S/C64H61N5O9/c1-42(46-17-8-3-9-18-46)65-63(74)68-52-29-27-44(26-25-43-15-6-2-7-16-43)37-51(52)64(62(68)73)55(60(71)67-33-31-66(32-34-67)40-45-28-30-53-54(38-45)77-41-76-53)57-61(72)78-58(48-21-12-5-13-22-48)56(47-19-10-4-11-20-47)69(57)59(64)49-23-14-24-50(39-49)75-36-35-70/h3-5,8-15,17-24,27-30,37-39,42,55-59,70H,2,6-7,16,31-36,40-41H2,1H3,(H,65,74)/t42-,55+,56+,57+,58-,59-,64+/m1/s1. The summed E-state index contributed by atoms with van der Waals surface area (Å²) in [6.45, 7) is 3.98. The van der Waals surface area contributed by atoms with Gasteiger partial charge in [-0.25, -0.2) is 9.69 Å². The topological polar surface area (TPSA) is 150 Å². The molecule has 2 N–H and O–H groups in total. The number of carbonyl (C=O) groups is 4. The maximum absolute atomic E-state index is 17.1. The lowest BCUT2D eigenvalue weighted by Crippen LogP contribution is -2.59. The summed E-state index contributed by atoms with van der Waals surface area (Å²) >= 11 is 0. The number of aliphatic hydroxyl groups is 1. The number of nitrogens with one attached hydrogen (secondary N) is 1. The van der Waals surface area contributed by atoms with Gasteiger partial charge in [0.25, 0.3) is 0 Å². The van der Waals surface area contributed by atoms with Crippen LogP contribution in [0.3, 0.4) is 0 Å². The zero-order valence-electron chi connectivity index (χ0n) is 43.5. The second kappa shape index (κ2) is 21.7. The number of rotatable bonds is 11. The fourth-order valence-electron chi connectivity index (χ4n) is 12.7. The van der Waals surface area contributed by atoms with E-state index < -0.39 is 65.4 Å². The van der Waals surface area contributed by atoms with Crippen LogP contribution in [0.1, 0.15) is 95.8 Å². The van der Waals surface area contributed by atoms with Gasteiger partial charge in [0.05, 0.1) is 36.3 Å². The maximum atomic E-state index is 17.1. The summed E-state index contributed by atoms with van der Waals surface area (Å²) < 4.78 is 24.1. The zero-order chi connectivity index (χ0) is 53.3. The second-order valence-electron chi connectivity index (χ2n) is 20.9. The molecule has 3 fully saturated rings. The lowest BCUT2D eigenvalue weighted by atomic mass is 9.64. The maximum Gasteiger partial charge on any atom is 0.329 e. The van der Waals surface area contributed by atoms with Gasteiger partial charge in [0, 0.05) is 38.3 Å². The van der Waals surface area contributed by atoms with Crippen LogP contribution in [0.15, 0.2) is 163 Å². The molecule has 1 spiro atoms. The van der Waals surface area contributed by atoms with Crippen molar-refractivity contribution in [3.8, 4) is 29.1 Å². The van der Waals surface area contributed by atoms with Crippen molar-refractivity contribution in [2.75, 3.05) is 51.1 Å². The van der Waals surface area contributed by atoms with E-state index in [9.17, 15) is 5.11 Å². The van der Waals surface area contributed by atoms with E-state index in [1.807, 2.05) is 151 Å². The largest absolute Gasteiger partial charge is 0.491 e. The average molecular weight is 1040 g/mol. The van der Waals surface area contributed by atoms with Crippen LogP contribution in [-0.2, 0) is 31.1 Å². The summed E-state index contributed by atoms with van der Waals surface area (Å²) in [5.41, 5.74) is 4.26. The summed E-state index contributed by atoms with van der Waals surface area (Å²) in [5.74, 6) is 5.46. The van der Waals surface area contributed by atoms with Crippen molar-refractivity contribution in [1.29, 1.82) is 0 Å². The van der Waals surface area contributed by atoms with Crippen molar-refractivity contribution in [2.45, 2.75) is 74.8 Å². The minimum atomic E-state index is -1.98. The Hall–Kier alpha value is -8.22. The van der Waals surface area contributed by atoms with E-state index in [1.165, 1.54) is 4.90 Å². The Balaban J connectivity index is 1.07. The molecule has 14 heteroatoms. The number of fused-ring (bicyclic) bond motifs is 4. The average Bonchev–Trinajstić information content (AvgIpc) is 2.89. The number of cyclic esters (lactones) is 1. The lowest BCUT2D eigenvalue weighted by molar-refractivity contribution is -0.179. The van der Waals surface area contributed by atoms with E-state index in [4.69, 9.17) is 18.9 Å². The molecular formula is C64H61N5O9. The summed E-state index contributed by atoms with van der Waals surface area (Å²) in [6.07, 6.45) is 5.20. The first kappa shape index (κ1) is 50.6. The molecule has 5 heterocycles. The molecule has 12 rings (SSSR count). The van der Waals surface area contributed by atoms with Gasteiger partial charge in [0.15, 0.2) is 11.5 Å². The van der Waals surface area contributed by atoms with Crippen LogP contribution in [0, 0.1) is 17.8 Å². The van der Waals surface area contributed by atoms with Gasteiger partial charge in [-0.3, -0.25) is 24.2 Å². The highest BCUT2D eigenvalue weighted by molar-refractivity contribution is 6.24. The molecule has 7 atom stereocenters. The lowest BCUT2D eigenvalue weighted by Gasteiger charge is -2.46. The fraction of sp³-hybridized carbons (Fsp3) is 0.312. The van der Waals surface area contributed by atoms with Gasteiger partial charge in [-0.2, -0.15) is 0 Å². The Morgan fingerprint density at radius 3 is 2.24 bits per heavy atom. The predicted molar refractivity (Wildman–Crippen MR) is 292 cm³/mol. The minimum Gasteiger partial charge on any atom is -0.491 e. The second-order valence-corrected chi connectivity index (χ2v) is 20.9. The molecule has 0 bridgehead atoms. The molecule has 5 aliphatic heterocycles. The number of carbonyl (C=O) groups excluding carboxylic acids is 4. The molecular weight excluding hydrogens is 983 g/mol. The van der Waals surface area contributed by atoms with E-state index in [1.54, 1.807) is 17.0 Å². The van der Waals surface area contributed by atoms with Crippen LogP contribution in [0.5, 0.6) is 17.2 Å². The number of anilines is 1. The number of nitrogens with zero attached hydrogens (tertiary/aromatic N) is 4. The third-order valence-corrected chi connectivity index (χ3v) is 16.3. The van der Waals surface area contributed by atoms with Crippen molar-refractivity contribution < 1.29 is 43.2 Å². The Labute approximate surface area is 454 Å². The molecule has 0 unspecified atom stereocenters. The quantitative estimate of drug-likeness (QED) is 0.0945. The van der Waals surface area contributed by atoms with Gasteiger partial charge in [-0.05, 0) is 114 Å². The van der Waals surface area contributed by atoms with E-state index in [0.29, 0.717) is 66.7 Å². The SMILES string of the molecule is C[C@@H](NC(=O)N1C(=O)[C@@]2(c3cc(C#CC4=CCCCC4)ccc31)[C@H](C(=O)N1CCN(Cc3ccc4c(c3)OCO4)CC1)[C@H]1C(=O)O[C@H](c3ccccc3)[C@H](c3ccccc3)N1[C@@H]2c1cccc(OCCO)c1)c1ccccc1. The van der Waals surface area contributed by atoms with Crippen LogP contribution >= 0.6 is 0 Å². The molecule has 6 aromatic rings. The molecule has 0 radical (unpaired) electrons. The van der Waals surface area contributed by atoms with E-state index in [2.05, 4.69) is 28.1 Å². The number of ether oxygens (including phenoxy) is 4. The number of aliphatic hydroxyl groups excluding tert-OH is 1. The van der Waals surface area contributed by atoms with E-state index in [-0.39, 0.29) is 25.7 Å². The van der Waals surface area contributed by atoms with Gasteiger partial charge in [-0.1, -0.05) is 127 Å². The van der Waals surface area contributed by atoms with Crippen molar-refractivity contribution in [3.05, 3.63) is 202 Å². The number of hydrogen-bond acceptors (Lipinski definition) is 11. The highest BCUT2D eigenvalue weighted by atomic mass is 16.7. The number of hydrogen-bond donors (Lipinski definition) is 2. The van der Waals surface area contributed by atoms with Crippen LogP contribution in [0.4, 0.5) is 10.5 Å². The number of imide groups is 1. The summed E-state index contributed by atoms with van der Waals surface area (Å²) in [5, 5.41) is 13.1. The van der Waals surface area contributed by atoms with Gasteiger partial charge < -0.3 is 34.3 Å². The molecule has 0 aromatic heterocycles. The van der Waals surface area contributed by atoms with Crippen molar-refractivity contribution in [3.63, 3.8) is 0 Å². The molecule has 0 saturated carbocycles. The van der Waals surface area contributed by atoms with Crippen molar-refractivity contribution >= 4 is 29.5 Å². The van der Waals surface area contributed by atoms with Crippen LogP contribution in [0.2, 0.25) is 0 Å². The Kier molecular flexibility index (Phi) is 14.0. The Bertz CT molecular complexity index is 3340. The first-order valence-corrected chi connectivity index (χ1v) is 27.1. The molecule has 4 amide bonds. The number of esters is 1. The normalized spacial score (nSPS) is 23.9. The highest BCUT2D eigenvalue weighted by Crippen LogP contribution is 2.66. The molecule has 6 aromatic carbocycles. The summed E-state index contributed by atoms with van der Waals surface area (Å²) in [7, 11) is 0. The molecule has 3 saturated heterocycles. The minimum absolute atomic E-state index is 0.00379. The Morgan fingerprint density at radius 2 is 1.50 bits per heavy atom. The van der Waals surface area contributed by atoms with Crippen molar-refractivity contribution in [2.24, 2.45) is 5.92 Å². The van der Waals surface area contributed by atoms with E-state index in [0.717, 1.165) is 53.5 Å². The van der Waals surface area contributed by atoms with Gasteiger partial charge in [-0.15, -0.1) is 0 Å². The van der Waals surface area contributed by atoms with Gasteiger partial charge in [0.2, 0.25) is 18.6 Å². The molecule has 78 heavy (non-hydrogen) atoms. The third kappa shape index (κ3) is 9.25. The van der Waals surface area contributed by atoms with Crippen LogP contribution < -0.4 is 24.4 Å². The number of benzene rings is 6. The number of urea groups is 1. The summed E-state index contributed by atoms with van der Waals surface area (Å²) in [4.78, 5) is 72.2. The van der Waals surface area contributed by atoms with Crippen LogP contribution in [0.25, 0.3) is 0 Å². The first-order chi connectivity index (χ1) is 38.2. The number of piperazine rings is 1. The number of allylic oxidation sites excluding steroid dienone is 2. The Morgan fingerprint density at radius 1 is 0.769 bits per heavy atom. The zero-order valence-corrected chi connectivity index (χ0v) is 43.5. The number of amides is 4.